The summed E-state index contributed by atoms with van der Waals surface area (Å²) in [6.07, 6.45) is 1.46. The average Bonchev–Trinajstić information content (AvgIpc) is 2.43. The maximum absolute atomic E-state index is 13.0. The first-order chi connectivity index (χ1) is 9.58. The number of halogens is 2. The quantitative estimate of drug-likeness (QED) is 0.388. The van der Waals surface area contributed by atoms with Crippen molar-refractivity contribution in [2.24, 2.45) is 10.9 Å². The molecular formula is C13H11F2N3O2. The van der Waals surface area contributed by atoms with Gasteiger partial charge >= 0.3 is 0 Å². The molecule has 5 nitrogen and oxygen atoms in total. The standard InChI is InChI=1S/C13H11F2N3O2/c14-9-4-10(15)6-11(5-9)20-7-8-1-2-17-12(3-8)13(16)18-19/h1-6,19H,7H2,(H2,16,18). The van der Waals surface area contributed by atoms with E-state index in [1.807, 2.05) is 0 Å². The van der Waals surface area contributed by atoms with Gasteiger partial charge in [-0.05, 0) is 17.7 Å². The lowest BCUT2D eigenvalue weighted by molar-refractivity contribution is 0.302. The summed E-state index contributed by atoms with van der Waals surface area (Å²) in [6, 6.07) is 6.10. The molecule has 0 atom stereocenters. The Labute approximate surface area is 113 Å². The number of benzene rings is 1. The molecule has 2 aromatic rings. The van der Waals surface area contributed by atoms with Gasteiger partial charge in [0.1, 0.15) is 29.7 Å². The van der Waals surface area contributed by atoms with Crippen LogP contribution in [-0.2, 0) is 6.61 Å². The minimum Gasteiger partial charge on any atom is -0.489 e. The molecule has 104 valence electrons. The molecule has 0 bridgehead atoms. The summed E-state index contributed by atoms with van der Waals surface area (Å²) in [4.78, 5) is 3.90. The highest BCUT2D eigenvalue weighted by Gasteiger charge is 2.05. The van der Waals surface area contributed by atoms with Crippen molar-refractivity contribution in [1.29, 1.82) is 0 Å². The van der Waals surface area contributed by atoms with E-state index in [2.05, 4.69) is 10.1 Å². The zero-order chi connectivity index (χ0) is 14.5. The number of oxime groups is 1. The van der Waals surface area contributed by atoms with E-state index in [1.54, 1.807) is 12.1 Å². The van der Waals surface area contributed by atoms with Gasteiger partial charge in [0.25, 0.3) is 0 Å². The number of rotatable bonds is 4. The lowest BCUT2D eigenvalue weighted by Crippen LogP contribution is -2.15. The first-order valence-corrected chi connectivity index (χ1v) is 5.60. The van der Waals surface area contributed by atoms with Crippen molar-refractivity contribution in [3.05, 3.63) is 59.4 Å². The van der Waals surface area contributed by atoms with Gasteiger partial charge in [0, 0.05) is 24.4 Å². The topological polar surface area (TPSA) is 80.7 Å². The predicted octanol–water partition coefficient (Wildman–Crippen LogP) is 2.03. The molecule has 2 rings (SSSR count). The second-order valence-corrected chi connectivity index (χ2v) is 3.93. The molecule has 0 spiro atoms. The van der Waals surface area contributed by atoms with Crippen molar-refractivity contribution in [3.63, 3.8) is 0 Å². The van der Waals surface area contributed by atoms with Crippen molar-refractivity contribution in [3.8, 4) is 5.75 Å². The molecule has 20 heavy (non-hydrogen) atoms. The van der Waals surface area contributed by atoms with Gasteiger partial charge < -0.3 is 15.7 Å². The number of nitrogens with zero attached hydrogens (tertiary/aromatic N) is 2. The molecule has 0 aliphatic rings. The highest BCUT2D eigenvalue weighted by atomic mass is 19.1. The normalized spacial score (nSPS) is 11.4. The van der Waals surface area contributed by atoms with Gasteiger partial charge in [-0.25, -0.2) is 8.78 Å². The number of aromatic nitrogens is 1. The predicted molar refractivity (Wildman–Crippen MR) is 67.4 cm³/mol. The fraction of sp³-hybridized carbons (Fsp3) is 0.0769. The highest BCUT2D eigenvalue weighted by molar-refractivity contribution is 5.95. The number of hydrogen-bond donors (Lipinski definition) is 2. The Kier molecular flexibility index (Phi) is 4.09. The Bertz CT molecular complexity index is 627. The second kappa shape index (κ2) is 5.96. The molecule has 0 unspecified atom stereocenters. The van der Waals surface area contributed by atoms with Gasteiger partial charge in [0.05, 0.1) is 0 Å². The lowest BCUT2D eigenvalue weighted by Gasteiger charge is -2.07. The van der Waals surface area contributed by atoms with Gasteiger partial charge in [-0.1, -0.05) is 5.16 Å². The summed E-state index contributed by atoms with van der Waals surface area (Å²) in [5.41, 5.74) is 6.34. The Hall–Kier alpha value is -2.70. The summed E-state index contributed by atoms with van der Waals surface area (Å²) >= 11 is 0. The largest absolute Gasteiger partial charge is 0.489 e. The van der Waals surface area contributed by atoms with Crippen molar-refractivity contribution in [2.45, 2.75) is 6.61 Å². The van der Waals surface area contributed by atoms with Gasteiger partial charge in [-0.2, -0.15) is 0 Å². The smallest absolute Gasteiger partial charge is 0.188 e. The average molecular weight is 279 g/mol. The van der Waals surface area contributed by atoms with Gasteiger partial charge in [-0.3, -0.25) is 4.98 Å². The van der Waals surface area contributed by atoms with Crippen LogP contribution < -0.4 is 10.5 Å². The number of hydrogen-bond acceptors (Lipinski definition) is 4. The van der Waals surface area contributed by atoms with Crippen LogP contribution in [0.25, 0.3) is 0 Å². The molecule has 1 heterocycles. The fourth-order valence-corrected chi connectivity index (χ4v) is 1.53. The van der Waals surface area contributed by atoms with Crippen LogP contribution in [0.4, 0.5) is 8.78 Å². The summed E-state index contributed by atoms with van der Waals surface area (Å²) in [5, 5.41) is 11.4. The van der Waals surface area contributed by atoms with E-state index < -0.39 is 11.6 Å². The number of ether oxygens (including phenoxy) is 1. The minimum atomic E-state index is -0.716. The molecule has 3 N–H and O–H groups in total. The monoisotopic (exact) mass is 279 g/mol. The SMILES string of the molecule is NC(=NO)c1cc(COc2cc(F)cc(F)c2)ccn1. The molecule has 0 saturated carbocycles. The molecule has 0 aliphatic carbocycles. The van der Waals surface area contributed by atoms with Crippen LogP contribution in [0.5, 0.6) is 5.75 Å². The van der Waals surface area contributed by atoms with E-state index in [0.29, 0.717) is 5.56 Å². The van der Waals surface area contributed by atoms with E-state index in [-0.39, 0.29) is 23.9 Å². The molecule has 1 aromatic carbocycles. The van der Waals surface area contributed by atoms with Crippen LogP contribution in [0.1, 0.15) is 11.3 Å². The number of amidine groups is 1. The van der Waals surface area contributed by atoms with Gasteiger partial charge in [0.2, 0.25) is 0 Å². The highest BCUT2D eigenvalue weighted by Crippen LogP contribution is 2.17. The molecular weight excluding hydrogens is 268 g/mol. The zero-order valence-corrected chi connectivity index (χ0v) is 10.3. The molecule has 0 saturated heterocycles. The molecule has 0 radical (unpaired) electrons. The Morgan fingerprint density at radius 1 is 1.25 bits per heavy atom. The first-order valence-electron chi connectivity index (χ1n) is 5.60. The van der Waals surface area contributed by atoms with Crippen molar-refractivity contribution in [1.82, 2.24) is 4.98 Å². The summed E-state index contributed by atoms with van der Waals surface area (Å²) in [6.45, 7) is 0.0666. The zero-order valence-electron chi connectivity index (χ0n) is 10.3. The maximum Gasteiger partial charge on any atom is 0.188 e. The van der Waals surface area contributed by atoms with E-state index in [9.17, 15) is 8.78 Å². The Morgan fingerprint density at radius 2 is 1.95 bits per heavy atom. The third-order valence-corrected chi connectivity index (χ3v) is 2.44. The summed E-state index contributed by atoms with van der Waals surface area (Å²) in [5.74, 6) is -1.49. The van der Waals surface area contributed by atoms with Crippen LogP contribution in [0.2, 0.25) is 0 Å². The lowest BCUT2D eigenvalue weighted by atomic mass is 10.2. The molecule has 0 amide bonds. The van der Waals surface area contributed by atoms with E-state index in [0.717, 1.165) is 18.2 Å². The molecule has 1 aromatic heterocycles. The van der Waals surface area contributed by atoms with Crippen LogP contribution in [0, 0.1) is 11.6 Å². The van der Waals surface area contributed by atoms with Gasteiger partial charge in [0.15, 0.2) is 5.84 Å². The van der Waals surface area contributed by atoms with Crippen LogP contribution in [0.3, 0.4) is 0 Å². The number of pyridine rings is 1. The van der Waals surface area contributed by atoms with Crippen LogP contribution in [0.15, 0.2) is 41.7 Å². The summed E-state index contributed by atoms with van der Waals surface area (Å²) < 4.78 is 31.2. The first kappa shape index (κ1) is 13.7. The van der Waals surface area contributed by atoms with E-state index >= 15 is 0 Å². The van der Waals surface area contributed by atoms with Crippen molar-refractivity contribution in [2.75, 3.05) is 0 Å². The molecule has 0 fully saturated rings. The third-order valence-electron chi connectivity index (χ3n) is 2.44. The number of nitrogens with two attached hydrogens (primary N) is 1. The molecule has 0 aliphatic heterocycles. The van der Waals surface area contributed by atoms with Crippen LogP contribution in [-0.4, -0.2) is 16.0 Å². The fourth-order valence-electron chi connectivity index (χ4n) is 1.53. The third kappa shape index (κ3) is 3.41. The molecule has 7 heteroatoms. The Morgan fingerprint density at radius 3 is 2.60 bits per heavy atom. The Balaban J connectivity index is 2.11. The summed E-state index contributed by atoms with van der Waals surface area (Å²) in [7, 11) is 0. The van der Waals surface area contributed by atoms with Crippen LogP contribution >= 0.6 is 0 Å². The van der Waals surface area contributed by atoms with E-state index in [4.69, 9.17) is 15.7 Å². The second-order valence-electron chi connectivity index (χ2n) is 3.93. The maximum atomic E-state index is 13.0. The van der Waals surface area contributed by atoms with E-state index in [1.165, 1.54) is 6.20 Å². The van der Waals surface area contributed by atoms with Crippen molar-refractivity contribution < 1.29 is 18.7 Å². The van der Waals surface area contributed by atoms with Crippen molar-refractivity contribution >= 4 is 5.84 Å². The van der Waals surface area contributed by atoms with Gasteiger partial charge in [-0.15, -0.1) is 0 Å². The minimum absolute atomic E-state index is 0.0666.